The predicted octanol–water partition coefficient (Wildman–Crippen LogP) is 1.26. The average molecular weight is 312 g/mol. The van der Waals surface area contributed by atoms with Crippen molar-refractivity contribution in [2.75, 3.05) is 12.3 Å². The molecule has 20 heavy (non-hydrogen) atoms. The molecule has 0 unspecified atom stereocenters. The Morgan fingerprint density at radius 1 is 1.45 bits per heavy atom. The van der Waals surface area contributed by atoms with Gasteiger partial charge in [0.05, 0.1) is 11.8 Å². The van der Waals surface area contributed by atoms with Crippen molar-refractivity contribution in [3.63, 3.8) is 0 Å². The lowest BCUT2D eigenvalue weighted by atomic mass is 9.88. The van der Waals surface area contributed by atoms with Crippen molar-refractivity contribution in [1.82, 2.24) is 10.0 Å². The largest absolute Gasteiger partial charge is 0.355 e. The number of likely N-dealkylation sites (N-methyl/N-ethyl adjacent to an activating group) is 1. The van der Waals surface area contributed by atoms with E-state index in [4.69, 9.17) is 0 Å². The van der Waals surface area contributed by atoms with Crippen molar-refractivity contribution in [3.05, 3.63) is 0 Å². The number of sulfonamides is 1. The van der Waals surface area contributed by atoms with Crippen molar-refractivity contribution in [3.8, 4) is 0 Å². The summed E-state index contributed by atoms with van der Waals surface area (Å²) in [6, 6.07) is -0.899. The van der Waals surface area contributed by atoms with Gasteiger partial charge in [-0.15, -0.1) is 0 Å². The molecular weight excluding hydrogens is 290 g/mol. The van der Waals surface area contributed by atoms with Crippen LogP contribution in [0.4, 0.5) is 8.78 Å². The zero-order valence-corrected chi connectivity index (χ0v) is 12.6. The summed E-state index contributed by atoms with van der Waals surface area (Å²) in [5.41, 5.74) is 0. The van der Waals surface area contributed by atoms with Gasteiger partial charge >= 0.3 is 0 Å². The molecule has 0 bridgehead atoms. The van der Waals surface area contributed by atoms with E-state index < -0.39 is 40.2 Å². The molecule has 1 aliphatic rings. The molecule has 2 N–H and O–H groups in total. The number of carbonyl (C=O) groups excluding carboxylic acids is 1. The maximum absolute atomic E-state index is 13.2. The summed E-state index contributed by atoms with van der Waals surface area (Å²) in [5, 5.41) is 2.50. The van der Waals surface area contributed by atoms with E-state index >= 15 is 0 Å². The number of hydrogen-bond acceptors (Lipinski definition) is 3. The topological polar surface area (TPSA) is 75.3 Å². The molecule has 1 fully saturated rings. The summed E-state index contributed by atoms with van der Waals surface area (Å²) in [7, 11) is -3.74. The Morgan fingerprint density at radius 2 is 2.10 bits per heavy atom. The molecule has 1 amide bonds. The summed E-state index contributed by atoms with van der Waals surface area (Å²) < 4.78 is 52.5. The van der Waals surface area contributed by atoms with Crippen molar-refractivity contribution >= 4 is 15.9 Å². The first-order valence-corrected chi connectivity index (χ1v) is 8.46. The van der Waals surface area contributed by atoms with Gasteiger partial charge in [-0.2, -0.15) is 0 Å². The van der Waals surface area contributed by atoms with Crippen LogP contribution in [0.2, 0.25) is 0 Å². The second kappa shape index (κ2) is 6.80. The maximum Gasteiger partial charge on any atom is 0.248 e. The van der Waals surface area contributed by atoms with Crippen LogP contribution in [-0.2, 0) is 14.8 Å². The Hall–Kier alpha value is -0.760. The Morgan fingerprint density at radius 3 is 2.65 bits per heavy atom. The average Bonchev–Trinajstić information content (AvgIpc) is 2.26. The molecule has 0 saturated heterocycles. The van der Waals surface area contributed by atoms with Gasteiger partial charge < -0.3 is 5.32 Å². The van der Waals surface area contributed by atoms with Gasteiger partial charge in [-0.05, 0) is 32.6 Å². The van der Waals surface area contributed by atoms with Gasteiger partial charge in [0.2, 0.25) is 21.9 Å². The smallest absolute Gasteiger partial charge is 0.248 e. The summed E-state index contributed by atoms with van der Waals surface area (Å²) in [5.74, 6) is -4.11. The molecule has 0 aromatic rings. The normalized spacial score (nSPS) is 24.1. The number of hydrogen-bond donors (Lipinski definition) is 2. The minimum atomic E-state index is -3.74. The molecule has 1 saturated carbocycles. The zero-order valence-electron chi connectivity index (χ0n) is 11.8. The van der Waals surface area contributed by atoms with Crippen LogP contribution in [0.5, 0.6) is 0 Å². The molecule has 5 nitrogen and oxygen atoms in total. The fourth-order valence-electron chi connectivity index (χ4n) is 2.43. The van der Waals surface area contributed by atoms with Gasteiger partial charge in [0.1, 0.15) is 0 Å². The van der Waals surface area contributed by atoms with Crippen LogP contribution in [0.3, 0.4) is 0 Å². The van der Waals surface area contributed by atoms with Crippen LogP contribution >= 0.6 is 0 Å². The maximum atomic E-state index is 13.2. The second-order valence-corrected chi connectivity index (χ2v) is 7.13. The van der Waals surface area contributed by atoms with Gasteiger partial charge in [-0.1, -0.05) is 0 Å². The second-order valence-electron chi connectivity index (χ2n) is 5.33. The van der Waals surface area contributed by atoms with Crippen LogP contribution < -0.4 is 10.0 Å². The summed E-state index contributed by atoms with van der Waals surface area (Å²) in [6.07, 6.45) is 0.237. The molecule has 0 spiro atoms. The Kier molecular flexibility index (Phi) is 5.88. The lowest BCUT2D eigenvalue weighted by Gasteiger charge is -2.28. The van der Waals surface area contributed by atoms with Gasteiger partial charge in [-0.3, -0.25) is 4.79 Å². The van der Waals surface area contributed by atoms with Crippen LogP contribution in [0.15, 0.2) is 0 Å². The molecule has 8 heteroatoms. The van der Waals surface area contributed by atoms with Crippen molar-refractivity contribution in [1.29, 1.82) is 0 Å². The minimum Gasteiger partial charge on any atom is -0.355 e. The molecule has 118 valence electrons. The number of alkyl halides is 2. The van der Waals surface area contributed by atoms with Crippen LogP contribution in [0.1, 0.15) is 39.5 Å². The highest BCUT2D eigenvalue weighted by Crippen LogP contribution is 2.37. The number of nitrogens with one attached hydrogen (secondary N) is 2. The van der Waals surface area contributed by atoms with Crippen molar-refractivity contribution < 1.29 is 22.0 Å². The van der Waals surface area contributed by atoms with Crippen LogP contribution in [0, 0.1) is 5.92 Å². The number of carbonyl (C=O) groups is 1. The van der Waals surface area contributed by atoms with Gasteiger partial charge in [-0.25, -0.2) is 21.9 Å². The van der Waals surface area contributed by atoms with E-state index in [2.05, 4.69) is 10.0 Å². The van der Waals surface area contributed by atoms with E-state index in [1.165, 1.54) is 6.92 Å². The standard InChI is InChI=1S/C12H22F2N2O3S/c1-3-15-11(17)9(2)16-20(18,19)8-10-5-4-6-12(13,14)7-10/h9-10,16H,3-8H2,1-2H3,(H,15,17)/t9-,10-/m1/s1. The van der Waals surface area contributed by atoms with Gasteiger partial charge in [0.25, 0.3) is 0 Å². The van der Waals surface area contributed by atoms with Crippen LogP contribution in [-0.4, -0.2) is 38.6 Å². The van der Waals surface area contributed by atoms with E-state index in [1.807, 2.05) is 0 Å². The number of amides is 1. The SMILES string of the molecule is CCNC(=O)[C@@H](C)NS(=O)(=O)C[C@@H]1CCCC(F)(F)C1. The third-order valence-corrected chi connectivity index (χ3v) is 4.92. The molecule has 0 aromatic carbocycles. The highest BCUT2D eigenvalue weighted by Gasteiger charge is 2.38. The Labute approximate surface area is 118 Å². The first-order valence-electron chi connectivity index (χ1n) is 6.81. The summed E-state index contributed by atoms with van der Waals surface area (Å²) >= 11 is 0. The third kappa shape index (κ3) is 5.70. The first kappa shape index (κ1) is 17.3. The fraction of sp³-hybridized carbons (Fsp3) is 0.917. The van der Waals surface area contributed by atoms with E-state index in [9.17, 15) is 22.0 Å². The van der Waals surface area contributed by atoms with E-state index in [0.717, 1.165) is 0 Å². The van der Waals surface area contributed by atoms with Crippen LogP contribution in [0.25, 0.3) is 0 Å². The molecule has 0 heterocycles. The third-order valence-electron chi connectivity index (χ3n) is 3.30. The molecule has 0 radical (unpaired) electrons. The molecule has 2 atom stereocenters. The van der Waals surface area contributed by atoms with E-state index in [-0.39, 0.29) is 12.2 Å². The highest BCUT2D eigenvalue weighted by atomic mass is 32.2. The van der Waals surface area contributed by atoms with E-state index in [1.54, 1.807) is 6.92 Å². The quantitative estimate of drug-likeness (QED) is 0.775. The Balaban J connectivity index is 2.55. The lowest BCUT2D eigenvalue weighted by Crippen LogP contribution is -2.46. The summed E-state index contributed by atoms with van der Waals surface area (Å²) in [4.78, 5) is 11.5. The fourth-order valence-corrected chi connectivity index (χ4v) is 4.07. The monoisotopic (exact) mass is 312 g/mol. The lowest BCUT2D eigenvalue weighted by molar-refractivity contribution is -0.122. The predicted molar refractivity (Wildman–Crippen MR) is 72.0 cm³/mol. The first-order chi connectivity index (χ1) is 9.15. The minimum absolute atomic E-state index is 0.174. The van der Waals surface area contributed by atoms with E-state index in [0.29, 0.717) is 19.4 Å². The zero-order chi connectivity index (χ0) is 15.4. The molecule has 1 aliphatic carbocycles. The van der Waals surface area contributed by atoms with Gasteiger partial charge in [0.15, 0.2) is 0 Å². The molecule has 0 aromatic heterocycles. The van der Waals surface area contributed by atoms with Gasteiger partial charge in [0, 0.05) is 19.4 Å². The summed E-state index contributed by atoms with van der Waals surface area (Å²) in [6.45, 7) is 3.56. The highest BCUT2D eigenvalue weighted by molar-refractivity contribution is 7.89. The molecule has 0 aliphatic heterocycles. The number of rotatable bonds is 6. The van der Waals surface area contributed by atoms with Crippen molar-refractivity contribution in [2.24, 2.45) is 5.92 Å². The van der Waals surface area contributed by atoms with Crippen molar-refractivity contribution in [2.45, 2.75) is 51.5 Å². The molecular formula is C12H22F2N2O3S. The number of halogens is 2. The Bertz CT molecular complexity index is 440. The molecule has 1 rings (SSSR count).